The summed E-state index contributed by atoms with van der Waals surface area (Å²) < 4.78 is 6.58. The number of methoxy groups -OCH3 is 1. The number of rotatable bonds is 9. The van der Waals surface area contributed by atoms with Gasteiger partial charge in [-0.25, -0.2) is 4.79 Å². The molecule has 0 bridgehead atoms. The monoisotopic (exact) mass is 298 g/mol. The second-order valence-electron chi connectivity index (χ2n) is 4.64. The van der Waals surface area contributed by atoms with Crippen LogP contribution in [-0.4, -0.2) is 47.1 Å². The molecule has 0 saturated carbocycles. The van der Waals surface area contributed by atoms with Crippen LogP contribution in [0.2, 0.25) is 0 Å². The Hall–Kier alpha value is -2.09. The average Bonchev–Trinajstić information content (AvgIpc) is 2.88. The van der Waals surface area contributed by atoms with Crippen LogP contribution in [0.5, 0.6) is 0 Å². The van der Waals surface area contributed by atoms with Gasteiger partial charge < -0.3 is 20.5 Å². The first-order valence-electron chi connectivity index (χ1n) is 6.85. The second kappa shape index (κ2) is 8.96. The first kappa shape index (κ1) is 17.0. The third-order valence-corrected chi connectivity index (χ3v) is 2.91. The van der Waals surface area contributed by atoms with Gasteiger partial charge in [-0.3, -0.25) is 9.48 Å². The van der Waals surface area contributed by atoms with Gasteiger partial charge in [-0.05, 0) is 6.42 Å². The number of hydrogen-bond donors (Lipinski definition) is 3. The summed E-state index contributed by atoms with van der Waals surface area (Å²) >= 11 is 0. The van der Waals surface area contributed by atoms with Crippen molar-refractivity contribution in [3.05, 3.63) is 12.4 Å². The van der Waals surface area contributed by atoms with Crippen molar-refractivity contribution >= 4 is 17.7 Å². The molecule has 0 spiro atoms. The Balaban J connectivity index is 2.39. The fourth-order valence-electron chi connectivity index (χ4n) is 1.79. The molecule has 118 valence electrons. The van der Waals surface area contributed by atoms with Crippen molar-refractivity contribution in [3.63, 3.8) is 0 Å². The fourth-order valence-corrected chi connectivity index (χ4v) is 1.79. The van der Waals surface area contributed by atoms with Crippen LogP contribution < -0.4 is 10.6 Å². The van der Waals surface area contributed by atoms with Crippen molar-refractivity contribution < 1.29 is 19.4 Å². The van der Waals surface area contributed by atoms with Crippen LogP contribution in [0.15, 0.2) is 12.4 Å². The minimum Gasteiger partial charge on any atom is -0.481 e. The topological polar surface area (TPSA) is 105 Å². The van der Waals surface area contributed by atoms with Gasteiger partial charge >= 0.3 is 12.0 Å². The lowest BCUT2D eigenvalue weighted by atomic mass is 10.0. The fraction of sp³-hybridized carbons (Fsp3) is 0.615. The van der Waals surface area contributed by atoms with Gasteiger partial charge in [0.25, 0.3) is 0 Å². The molecular formula is C13H22N4O4. The van der Waals surface area contributed by atoms with Gasteiger partial charge in [0.2, 0.25) is 0 Å². The Morgan fingerprint density at radius 2 is 2.29 bits per heavy atom. The molecule has 1 aromatic rings. The van der Waals surface area contributed by atoms with Gasteiger partial charge in [0, 0.05) is 19.9 Å². The molecule has 21 heavy (non-hydrogen) atoms. The number of carbonyl (C=O) groups is 2. The lowest BCUT2D eigenvalue weighted by molar-refractivity contribution is -0.141. The summed E-state index contributed by atoms with van der Waals surface area (Å²) in [5, 5.41) is 18.2. The molecular weight excluding hydrogens is 276 g/mol. The maximum absolute atomic E-state index is 11.7. The number of urea groups is 1. The van der Waals surface area contributed by atoms with Crippen molar-refractivity contribution in [2.24, 2.45) is 5.92 Å². The van der Waals surface area contributed by atoms with Gasteiger partial charge in [0.05, 0.1) is 31.0 Å². The van der Waals surface area contributed by atoms with E-state index in [9.17, 15) is 9.59 Å². The smallest absolute Gasteiger partial charge is 0.319 e. The van der Waals surface area contributed by atoms with Gasteiger partial charge in [0.1, 0.15) is 0 Å². The Labute approximate surface area is 123 Å². The molecule has 0 fully saturated rings. The maximum atomic E-state index is 11.7. The predicted octanol–water partition coefficient (Wildman–Crippen LogP) is 1.15. The van der Waals surface area contributed by atoms with E-state index in [1.165, 1.54) is 6.20 Å². The molecule has 8 heteroatoms. The summed E-state index contributed by atoms with van der Waals surface area (Å²) in [6.07, 6.45) is 4.49. The van der Waals surface area contributed by atoms with Crippen LogP contribution in [0.25, 0.3) is 0 Å². The normalized spacial score (nSPS) is 11.9. The van der Waals surface area contributed by atoms with E-state index in [1.54, 1.807) is 18.0 Å². The maximum Gasteiger partial charge on any atom is 0.319 e. The first-order chi connectivity index (χ1) is 10.1. The van der Waals surface area contributed by atoms with E-state index in [-0.39, 0.29) is 6.54 Å². The van der Waals surface area contributed by atoms with Crippen molar-refractivity contribution in [3.8, 4) is 0 Å². The number of carboxylic acids is 1. The van der Waals surface area contributed by atoms with Gasteiger partial charge in [-0.2, -0.15) is 5.10 Å². The SMILES string of the molecule is CCCC(CNC(=O)Nc1cnn(CCOC)c1)C(=O)O. The summed E-state index contributed by atoms with van der Waals surface area (Å²) in [6.45, 7) is 3.14. The lowest BCUT2D eigenvalue weighted by Crippen LogP contribution is -2.35. The molecule has 0 radical (unpaired) electrons. The van der Waals surface area contributed by atoms with Crippen molar-refractivity contribution in [2.45, 2.75) is 26.3 Å². The summed E-state index contributed by atoms with van der Waals surface area (Å²) in [5.74, 6) is -1.46. The van der Waals surface area contributed by atoms with Crippen molar-refractivity contribution in [1.82, 2.24) is 15.1 Å². The quantitative estimate of drug-likeness (QED) is 0.634. The van der Waals surface area contributed by atoms with Gasteiger partial charge in [0.15, 0.2) is 0 Å². The van der Waals surface area contributed by atoms with Gasteiger partial charge in [-0.1, -0.05) is 13.3 Å². The number of amides is 2. The number of carbonyl (C=O) groups excluding carboxylic acids is 1. The number of ether oxygens (including phenoxy) is 1. The number of aliphatic carboxylic acids is 1. The zero-order valence-corrected chi connectivity index (χ0v) is 12.3. The zero-order chi connectivity index (χ0) is 15.7. The molecule has 1 heterocycles. The third-order valence-electron chi connectivity index (χ3n) is 2.91. The Bertz CT molecular complexity index is 461. The van der Waals surface area contributed by atoms with Gasteiger partial charge in [-0.15, -0.1) is 0 Å². The molecule has 1 rings (SSSR count). The second-order valence-corrected chi connectivity index (χ2v) is 4.64. The standard InChI is InChI=1S/C13H22N4O4/c1-3-4-10(12(18)19)7-14-13(20)16-11-8-15-17(9-11)5-6-21-2/h8-10H,3-7H2,1-2H3,(H,18,19)(H2,14,16,20). The summed E-state index contributed by atoms with van der Waals surface area (Å²) in [5.41, 5.74) is 0.547. The number of nitrogens with one attached hydrogen (secondary N) is 2. The first-order valence-corrected chi connectivity index (χ1v) is 6.85. The molecule has 0 aliphatic heterocycles. The highest BCUT2D eigenvalue weighted by atomic mass is 16.5. The van der Waals surface area contributed by atoms with E-state index >= 15 is 0 Å². The number of anilines is 1. The van der Waals surface area contributed by atoms with Crippen LogP contribution in [0, 0.1) is 5.92 Å². The molecule has 1 aromatic heterocycles. The molecule has 2 amide bonds. The molecule has 8 nitrogen and oxygen atoms in total. The van der Waals surface area contributed by atoms with E-state index in [2.05, 4.69) is 15.7 Å². The third kappa shape index (κ3) is 6.26. The summed E-state index contributed by atoms with van der Waals surface area (Å²) in [6, 6.07) is -0.441. The van der Waals surface area contributed by atoms with E-state index in [4.69, 9.17) is 9.84 Å². The molecule has 0 aliphatic carbocycles. The molecule has 0 aromatic carbocycles. The molecule has 3 N–H and O–H groups in total. The summed E-state index contributed by atoms with van der Waals surface area (Å²) in [7, 11) is 1.60. The zero-order valence-electron chi connectivity index (χ0n) is 12.3. The highest BCUT2D eigenvalue weighted by molar-refractivity contribution is 5.89. The highest BCUT2D eigenvalue weighted by Gasteiger charge is 2.17. The van der Waals surface area contributed by atoms with E-state index < -0.39 is 17.9 Å². The van der Waals surface area contributed by atoms with Crippen LogP contribution in [0.3, 0.4) is 0 Å². The molecule has 0 saturated heterocycles. The van der Waals surface area contributed by atoms with Crippen LogP contribution in [0.1, 0.15) is 19.8 Å². The largest absolute Gasteiger partial charge is 0.481 e. The van der Waals surface area contributed by atoms with Crippen LogP contribution in [-0.2, 0) is 16.1 Å². The lowest BCUT2D eigenvalue weighted by Gasteiger charge is -2.12. The Morgan fingerprint density at radius 3 is 2.90 bits per heavy atom. The number of carboxylic acid groups (broad SMARTS) is 1. The highest BCUT2D eigenvalue weighted by Crippen LogP contribution is 2.07. The van der Waals surface area contributed by atoms with E-state index in [0.29, 0.717) is 25.3 Å². The van der Waals surface area contributed by atoms with Crippen molar-refractivity contribution in [2.75, 3.05) is 25.6 Å². The minimum atomic E-state index is -0.899. The van der Waals surface area contributed by atoms with E-state index in [0.717, 1.165) is 6.42 Å². The van der Waals surface area contributed by atoms with E-state index in [1.807, 2.05) is 6.92 Å². The number of nitrogens with zero attached hydrogens (tertiary/aromatic N) is 2. The molecule has 1 unspecified atom stereocenters. The van der Waals surface area contributed by atoms with Crippen LogP contribution >= 0.6 is 0 Å². The van der Waals surface area contributed by atoms with Crippen LogP contribution in [0.4, 0.5) is 10.5 Å². The minimum absolute atomic E-state index is 0.104. The summed E-state index contributed by atoms with van der Waals surface area (Å²) in [4.78, 5) is 22.7. The Morgan fingerprint density at radius 1 is 1.52 bits per heavy atom. The molecule has 0 aliphatic rings. The number of aromatic nitrogens is 2. The average molecular weight is 298 g/mol. The number of hydrogen-bond acceptors (Lipinski definition) is 4. The predicted molar refractivity (Wildman–Crippen MR) is 77.2 cm³/mol. The molecule has 1 atom stereocenters. The van der Waals surface area contributed by atoms with Crippen molar-refractivity contribution in [1.29, 1.82) is 0 Å². The Kier molecular flexibility index (Phi) is 7.24.